The number of sulfonamides is 1. The van der Waals surface area contributed by atoms with Crippen molar-refractivity contribution in [3.63, 3.8) is 0 Å². The summed E-state index contributed by atoms with van der Waals surface area (Å²) >= 11 is 1.68. The van der Waals surface area contributed by atoms with E-state index in [0.29, 0.717) is 12.1 Å². The first-order valence-electron chi connectivity index (χ1n) is 8.20. The number of ketones is 1. The van der Waals surface area contributed by atoms with Crippen LogP contribution in [0.25, 0.3) is 0 Å². The number of carbonyl (C=O) groups excluding carboxylic acids is 1. The summed E-state index contributed by atoms with van der Waals surface area (Å²) in [5, 5.41) is 5.23. The molecule has 1 N–H and O–H groups in total. The lowest BCUT2D eigenvalue weighted by molar-refractivity contribution is 0.0988. The second kappa shape index (κ2) is 8.88. The van der Waals surface area contributed by atoms with E-state index < -0.39 is 10.0 Å². The van der Waals surface area contributed by atoms with Crippen LogP contribution in [0.4, 0.5) is 0 Å². The van der Waals surface area contributed by atoms with E-state index in [2.05, 4.69) is 16.3 Å². The van der Waals surface area contributed by atoms with Crippen LogP contribution < -0.4 is 5.32 Å². The highest BCUT2D eigenvalue weighted by atomic mass is 32.2. The molecule has 1 aromatic carbocycles. The van der Waals surface area contributed by atoms with Crippen molar-refractivity contribution in [1.82, 2.24) is 14.5 Å². The van der Waals surface area contributed by atoms with Gasteiger partial charge in [-0.1, -0.05) is 18.2 Å². The summed E-state index contributed by atoms with van der Waals surface area (Å²) in [6, 6.07) is 10.4. The van der Waals surface area contributed by atoms with Gasteiger partial charge in [0.2, 0.25) is 10.0 Å². The molecule has 26 heavy (non-hydrogen) atoms. The maximum Gasteiger partial charge on any atom is 0.242 e. The number of likely N-dealkylation sites (N-methyl/N-ethyl adjacent to an activating group) is 1. The Morgan fingerprint density at radius 1 is 1.15 bits per heavy atom. The molecule has 0 spiro atoms. The predicted octanol–water partition coefficient (Wildman–Crippen LogP) is 2.07. The average molecular weight is 396 g/mol. The van der Waals surface area contributed by atoms with Gasteiger partial charge in [-0.2, -0.15) is 0 Å². The Bertz CT molecular complexity index is 831. The van der Waals surface area contributed by atoms with Gasteiger partial charge in [0.25, 0.3) is 0 Å². The molecular formula is C18H25N3O3S2. The lowest BCUT2D eigenvalue weighted by Crippen LogP contribution is -2.33. The van der Waals surface area contributed by atoms with E-state index in [1.54, 1.807) is 23.5 Å². The first-order chi connectivity index (χ1) is 12.2. The number of benzene rings is 1. The first kappa shape index (κ1) is 20.7. The van der Waals surface area contributed by atoms with Gasteiger partial charge in [0.15, 0.2) is 5.78 Å². The van der Waals surface area contributed by atoms with Crippen molar-refractivity contribution in [2.45, 2.75) is 10.9 Å². The largest absolute Gasteiger partial charge is 0.308 e. The van der Waals surface area contributed by atoms with Crippen molar-refractivity contribution >= 4 is 27.1 Å². The minimum Gasteiger partial charge on any atom is -0.308 e. The van der Waals surface area contributed by atoms with Gasteiger partial charge in [-0.3, -0.25) is 4.79 Å². The van der Waals surface area contributed by atoms with E-state index in [1.807, 2.05) is 25.5 Å². The Labute approximate surface area is 159 Å². The Kier molecular flexibility index (Phi) is 7.08. The molecular weight excluding hydrogens is 370 g/mol. The number of carbonyl (C=O) groups is 1. The average Bonchev–Trinajstić information content (AvgIpc) is 3.12. The Hall–Kier alpha value is -1.58. The lowest BCUT2D eigenvalue weighted by atomic mass is 10.1. The van der Waals surface area contributed by atoms with Crippen LogP contribution in [-0.4, -0.2) is 64.7 Å². The maximum atomic E-state index is 12.4. The minimum absolute atomic E-state index is 0.123. The topological polar surface area (TPSA) is 69.7 Å². The number of rotatable bonds is 9. The van der Waals surface area contributed by atoms with Crippen molar-refractivity contribution in [1.29, 1.82) is 0 Å². The zero-order chi connectivity index (χ0) is 19.3. The molecule has 0 bridgehead atoms. The Balaban J connectivity index is 2.02. The van der Waals surface area contributed by atoms with Crippen molar-refractivity contribution in [2.75, 3.05) is 41.3 Å². The number of nitrogens with zero attached hydrogens (tertiary/aromatic N) is 2. The molecule has 1 atom stereocenters. The van der Waals surface area contributed by atoms with Crippen LogP contribution in [-0.2, 0) is 10.0 Å². The highest BCUT2D eigenvalue weighted by Crippen LogP contribution is 2.22. The molecule has 0 aliphatic rings. The van der Waals surface area contributed by atoms with Crippen LogP contribution in [0.1, 0.15) is 21.3 Å². The smallest absolute Gasteiger partial charge is 0.242 e. The first-order valence-corrected chi connectivity index (χ1v) is 10.5. The van der Waals surface area contributed by atoms with Gasteiger partial charge < -0.3 is 10.2 Å². The van der Waals surface area contributed by atoms with E-state index in [9.17, 15) is 13.2 Å². The summed E-state index contributed by atoms with van der Waals surface area (Å²) in [7, 11) is 3.39. The molecule has 0 fully saturated rings. The summed E-state index contributed by atoms with van der Waals surface area (Å²) in [6.45, 7) is 0.788. The molecule has 8 heteroatoms. The van der Waals surface area contributed by atoms with Gasteiger partial charge in [0.05, 0.1) is 17.5 Å². The summed E-state index contributed by atoms with van der Waals surface area (Å²) in [6.07, 6.45) is 0. The predicted molar refractivity (Wildman–Crippen MR) is 105 cm³/mol. The Morgan fingerprint density at radius 2 is 1.88 bits per heavy atom. The minimum atomic E-state index is -3.55. The highest BCUT2D eigenvalue weighted by molar-refractivity contribution is 7.89. The third kappa shape index (κ3) is 4.99. The van der Waals surface area contributed by atoms with E-state index in [1.165, 1.54) is 31.1 Å². The fraction of sp³-hybridized carbons (Fsp3) is 0.389. The molecule has 0 aliphatic carbocycles. The van der Waals surface area contributed by atoms with Crippen LogP contribution in [0.15, 0.2) is 46.7 Å². The molecule has 1 unspecified atom stereocenters. The molecule has 1 aromatic heterocycles. The molecule has 142 valence electrons. The molecule has 0 saturated carbocycles. The van der Waals surface area contributed by atoms with Crippen molar-refractivity contribution in [3.8, 4) is 0 Å². The lowest BCUT2D eigenvalue weighted by Gasteiger charge is -2.23. The normalized spacial score (nSPS) is 13.3. The third-order valence-corrected chi connectivity index (χ3v) is 6.84. The van der Waals surface area contributed by atoms with Crippen LogP contribution >= 0.6 is 11.3 Å². The van der Waals surface area contributed by atoms with E-state index in [4.69, 9.17) is 0 Å². The van der Waals surface area contributed by atoms with Gasteiger partial charge in [0.1, 0.15) is 0 Å². The molecule has 2 aromatic rings. The summed E-state index contributed by atoms with van der Waals surface area (Å²) in [5.74, 6) is -0.135. The van der Waals surface area contributed by atoms with Crippen LogP contribution in [0, 0.1) is 0 Å². The van der Waals surface area contributed by atoms with Gasteiger partial charge in [-0.05, 0) is 37.7 Å². The fourth-order valence-corrected chi connectivity index (χ4v) is 4.35. The SMILES string of the molecule is CN(C)C(CNCC(=O)c1cccc(S(=O)(=O)N(C)C)c1)c1cccs1. The maximum absolute atomic E-state index is 12.4. The van der Waals surface area contributed by atoms with Crippen molar-refractivity contribution in [3.05, 3.63) is 52.2 Å². The monoisotopic (exact) mass is 395 g/mol. The van der Waals surface area contributed by atoms with Crippen LogP contribution in [0.2, 0.25) is 0 Å². The van der Waals surface area contributed by atoms with Gasteiger partial charge in [0, 0.05) is 31.1 Å². The van der Waals surface area contributed by atoms with E-state index in [0.717, 1.165) is 4.31 Å². The molecule has 0 amide bonds. The Morgan fingerprint density at radius 3 is 2.46 bits per heavy atom. The molecule has 1 heterocycles. The van der Waals surface area contributed by atoms with E-state index >= 15 is 0 Å². The number of nitrogens with one attached hydrogen (secondary N) is 1. The number of hydrogen-bond acceptors (Lipinski definition) is 6. The van der Waals surface area contributed by atoms with Gasteiger partial charge in [-0.15, -0.1) is 11.3 Å². The van der Waals surface area contributed by atoms with Gasteiger partial charge >= 0.3 is 0 Å². The van der Waals surface area contributed by atoms with Gasteiger partial charge in [-0.25, -0.2) is 12.7 Å². The molecule has 0 aliphatic heterocycles. The van der Waals surface area contributed by atoms with Crippen molar-refractivity contribution in [2.24, 2.45) is 0 Å². The van der Waals surface area contributed by atoms with Crippen LogP contribution in [0.3, 0.4) is 0 Å². The quantitative estimate of drug-likeness (QED) is 0.658. The summed E-state index contributed by atoms with van der Waals surface area (Å²) < 4.78 is 25.6. The highest BCUT2D eigenvalue weighted by Gasteiger charge is 2.19. The zero-order valence-corrected chi connectivity index (χ0v) is 17.1. The number of Topliss-reactive ketones (excluding diaryl/α,β-unsaturated/α-hetero) is 1. The third-order valence-electron chi connectivity index (χ3n) is 4.05. The second-order valence-electron chi connectivity index (χ2n) is 6.36. The van der Waals surface area contributed by atoms with E-state index in [-0.39, 0.29) is 23.3 Å². The summed E-state index contributed by atoms with van der Waals surface area (Å²) in [4.78, 5) is 15.9. The van der Waals surface area contributed by atoms with Crippen LogP contribution in [0.5, 0.6) is 0 Å². The molecule has 2 rings (SSSR count). The summed E-state index contributed by atoms with van der Waals surface area (Å²) in [5.41, 5.74) is 0.387. The number of thiophene rings is 1. The molecule has 0 saturated heterocycles. The number of hydrogen-bond donors (Lipinski definition) is 1. The van der Waals surface area contributed by atoms with Crippen molar-refractivity contribution < 1.29 is 13.2 Å². The zero-order valence-electron chi connectivity index (χ0n) is 15.5. The molecule has 0 radical (unpaired) electrons. The molecule has 6 nitrogen and oxygen atoms in total. The second-order valence-corrected chi connectivity index (χ2v) is 9.50. The standard InChI is InChI=1S/C18H25N3O3S2/c1-20(2)16(18-9-6-10-25-18)12-19-13-17(22)14-7-5-8-15(11-14)26(23,24)21(3)4/h5-11,16,19H,12-13H2,1-4H3. The fourth-order valence-electron chi connectivity index (χ4n) is 2.48.